The highest BCUT2D eigenvalue weighted by Gasteiger charge is 2.21. The van der Waals surface area contributed by atoms with E-state index >= 15 is 0 Å². The number of anilines is 2. The summed E-state index contributed by atoms with van der Waals surface area (Å²) >= 11 is 0. The third kappa shape index (κ3) is 6.97. The van der Waals surface area contributed by atoms with Crippen molar-refractivity contribution in [1.82, 2.24) is 25.2 Å². The number of amides is 1. The molecule has 40 heavy (non-hydrogen) atoms. The molecule has 1 fully saturated rings. The number of aromatic amines is 1. The van der Waals surface area contributed by atoms with Gasteiger partial charge in [0.15, 0.2) is 0 Å². The summed E-state index contributed by atoms with van der Waals surface area (Å²) in [5.41, 5.74) is 4.15. The molecule has 2 N–H and O–H groups in total. The van der Waals surface area contributed by atoms with Crippen LogP contribution >= 0.6 is 0 Å². The van der Waals surface area contributed by atoms with E-state index < -0.39 is 0 Å². The molecule has 2 aromatic heterocycles. The van der Waals surface area contributed by atoms with Crippen molar-refractivity contribution in [3.63, 3.8) is 0 Å². The van der Waals surface area contributed by atoms with Crippen molar-refractivity contribution in [2.75, 3.05) is 44.7 Å². The molecular weight excluding hydrogens is 504 g/mol. The zero-order chi connectivity index (χ0) is 27.7. The number of ether oxygens (including phenoxy) is 2. The number of aromatic nitrogens is 3. The average molecular weight is 543 g/mol. The smallest absolute Gasteiger partial charge is 0.216 e. The first-order valence-electron chi connectivity index (χ1n) is 14.0. The second-order valence-corrected chi connectivity index (χ2v) is 10.2. The summed E-state index contributed by atoms with van der Waals surface area (Å²) in [4.78, 5) is 28.2. The summed E-state index contributed by atoms with van der Waals surface area (Å²) < 4.78 is 11.9. The highest BCUT2D eigenvalue weighted by atomic mass is 16.5. The summed E-state index contributed by atoms with van der Waals surface area (Å²) in [6.07, 6.45) is 6.73. The van der Waals surface area contributed by atoms with Crippen LogP contribution in [0, 0.1) is 0 Å². The second-order valence-electron chi connectivity index (χ2n) is 10.2. The van der Waals surface area contributed by atoms with Gasteiger partial charge in [0.2, 0.25) is 5.91 Å². The summed E-state index contributed by atoms with van der Waals surface area (Å²) in [6.45, 7) is 6.27. The molecule has 1 saturated heterocycles. The lowest BCUT2D eigenvalue weighted by molar-refractivity contribution is -0.118. The molecule has 1 aliphatic rings. The number of likely N-dealkylation sites (tertiary alicyclic amines) is 1. The van der Waals surface area contributed by atoms with Crippen molar-refractivity contribution < 1.29 is 14.3 Å². The van der Waals surface area contributed by atoms with Crippen LogP contribution in [0.25, 0.3) is 11.0 Å². The fourth-order valence-corrected chi connectivity index (χ4v) is 5.29. The number of H-pyrrole nitrogens is 1. The van der Waals surface area contributed by atoms with Gasteiger partial charge in [-0.1, -0.05) is 30.3 Å². The van der Waals surface area contributed by atoms with Crippen LogP contribution in [0.15, 0.2) is 67.1 Å². The number of para-hydroxylation sites is 1. The van der Waals surface area contributed by atoms with E-state index in [1.54, 1.807) is 13.4 Å². The Hall–Kier alpha value is -3.95. The number of carbonyl (C=O) groups is 1. The van der Waals surface area contributed by atoms with Crippen LogP contribution in [-0.2, 0) is 22.6 Å². The van der Waals surface area contributed by atoms with Gasteiger partial charge in [0.25, 0.3) is 0 Å². The molecule has 1 amide bonds. The molecule has 0 bridgehead atoms. The largest absolute Gasteiger partial charge is 0.496 e. The summed E-state index contributed by atoms with van der Waals surface area (Å²) in [5.74, 6) is 1.71. The van der Waals surface area contributed by atoms with Gasteiger partial charge in [-0.05, 0) is 54.7 Å². The molecule has 9 heteroatoms. The standard InChI is InChI=1S/C31H38N6O3/c1-23(38)32-15-19-37(31-28-10-14-33-30(28)34-22-35-31)26-8-5-6-24(20-26)21-40-27-12-17-36(18-13-27)16-11-25-7-3-4-9-29(25)39-2/h3-10,14,20,22,27H,11-13,15-19,21H2,1-2H3,(H,32,38)(H,33,34,35). The first kappa shape index (κ1) is 27.6. The molecule has 0 spiro atoms. The molecule has 0 saturated carbocycles. The van der Waals surface area contributed by atoms with Crippen molar-refractivity contribution in [2.24, 2.45) is 0 Å². The van der Waals surface area contributed by atoms with Gasteiger partial charge < -0.3 is 29.6 Å². The number of nitrogens with one attached hydrogen (secondary N) is 2. The van der Waals surface area contributed by atoms with Crippen molar-refractivity contribution >= 4 is 28.4 Å². The minimum absolute atomic E-state index is 0.0533. The number of hydrogen-bond donors (Lipinski definition) is 2. The average Bonchev–Trinajstić information content (AvgIpc) is 3.47. The predicted octanol–water partition coefficient (Wildman–Crippen LogP) is 4.46. The third-order valence-electron chi connectivity index (χ3n) is 7.43. The quantitative estimate of drug-likeness (QED) is 0.273. The van der Waals surface area contributed by atoms with Crippen molar-refractivity contribution in [3.8, 4) is 5.75 Å². The maximum Gasteiger partial charge on any atom is 0.216 e. The van der Waals surface area contributed by atoms with Crippen LogP contribution in [0.2, 0.25) is 0 Å². The maximum absolute atomic E-state index is 11.5. The zero-order valence-electron chi connectivity index (χ0n) is 23.3. The molecular formula is C31H38N6O3. The highest BCUT2D eigenvalue weighted by molar-refractivity contribution is 5.89. The van der Waals surface area contributed by atoms with E-state index in [0.717, 1.165) is 72.7 Å². The second kappa shape index (κ2) is 13.4. The lowest BCUT2D eigenvalue weighted by Crippen LogP contribution is -2.38. The highest BCUT2D eigenvalue weighted by Crippen LogP contribution is 2.30. The lowest BCUT2D eigenvalue weighted by Gasteiger charge is -2.32. The molecule has 3 heterocycles. The topological polar surface area (TPSA) is 95.6 Å². The Morgan fingerprint density at radius 1 is 1.12 bits per heavy atom. The maximum atomic E-state index is 11.5. The first-order chi connectivity index (χ1) is 19.6. The van der Waals surface area contributed by atoms with Crippen LogP contribution in [0.5, 0.6) is 5.75 Å². The van der Waals surface area contributed by atoms with Crippen molar-refractivity contribution in [3.05, 3.63) is 78.2 Å². The predicted molar refractivity (Wildman–Crippen MR) is 157 cm³/mol. The monoisotopic (exact) mass is 542 g/mol. The Morgan fingerprint density at radius 2 is 1.98 bits per heavy atom. The number of benzene rings is 2. The van der Waals surface area contributed by atoms with E-state index in [4.69, 9.17) is 9.47 Å². The van der Waals surface area contributed by atoms with Crippen LogP contribution in [0.4, 0.5) is 11.5 Å². The summed E-state index contributed by atoms with van der Waals surface area (Å²) in [6, 6.07) is 18.6. The SMILES string of the molecule is COc1ccccc1CCN1CCC(OCc2cccc(N(CCNC(C)=O)c3ncnc4[nH]ccc34)c2)CC1. The zero-order valence-corrected chi connectivity index (χ0v) is 23.3. The number of fused-ring (bicyclic) bond motifs is 1. The normalized spacial score (nSPS) is 14.3. The fraction of sp³-hybridized carbons (Fsp3) is 0.387. The number of rotatable bonds is 12. The van der Waals surface area contributed by atoms with E-state index in [2.05, 4.69) is 66.5 Å². The Kier molecular flexibility index (Phi) is 9.26. The van der Waals surface area contributed by atoms with Gasteiger partial charge in [-0.25, -0.2) is 9.97 Å². The molecule has 9 nitrogen and oxygen atoms in total. The summed E-state index contributed by atoms with van der Waals surface area (Å²) in [5, 5.41) is 3.84. The van der Waals surface area contributed by atoms with E-state index in [0.29, 0.717) is 19.7 Å². The Bertz CT molecular complexity index is 1400. The van der Waals surface area contributed by atoms with Crippen LogP contribution in [0.1, 0.15) is 30.9 Å². The van der Waals surface area contributed by atoms with Crippen LogP contribution < -0.4 is 15.0 Å². The van der Waals surface area contributed by atoms with Crippen molar-refractivity contribution in [2.45, 2.75) is 38.9 Å². The number of methoxy groups -OCH3 is 1. The molecule has 210 valence electrons. The lowest BCUT2D eigenvalue weighted by atomic mass is 10.1. The number of carbonyl (C=O) groups excluding carboxylic acids is 1. The molecule has 1 aliphatic heterocycles. The minimum atomic E-state index is -0.0533. The number of piperidine rings is 1. The van der Waals surface area contributed by atoms with Gasteiger partial charge in [0.1, 0.15) is 23.5 Å². The van der Waals surface area contributed by atoms with Gasteiger partial charge in [0, 0.05) is 51.5 Å². The molecule has 2 aromatic carbocycles. The number of nitrogens with zero attached hydrogens (tertiary/aromatic N) is 4. The third-order valence-corrected chi connectivity index (χ3v) is 7.43. The molecule has 5 rings (SSSR count). The van der Waals surface area contributed by atoms with Gasteiger partial charge >= 0.3 is 0 Å². The molecule has 0 atom stereocenters. The van der Waals surface area contributed by atoms with Gasteiger partial charge in [-0.2, -0.15) is 0 Å². The van der Waals surface area contributed by atoms with E-state index in [9.17, 15) is 4.79 Å². The first-order valence-corrected chi connectivity index (χ1v) is 14.0. The van der Waals surface area contributed by atoms with Gasteiger partial charge in [-0.15, -0.1) is 0 Å². The Balaban J connectivity index is 1.18. The fourth-order valence-electron chi connectivity index (χ4n) is 5.29. The molecule has 0 radical (unpaired) electrons. The minimum Gasteiger partial charge on any atom is -0.496 e. The summed E-state index contributed by atoms with van der Waals surface area (Å²) in [7, 11) is 1.73. The van der Waals surface area contributed by atoms with Crippen molar-refractivity contribution in [1.29, 1.82) is 0 Å². The van der Waals surface area contributed by atoms with Gasteiger partial charge in [-0.3, -0.25) is 4.79 Å². The molecule has 0 aliphatic carbocycles. The van der Waals surface area contributed by atoms with E-state index in [1.165, 1.54) is 12.5 Å². The Labute approximate surface area is 235 Å². The van der Waals surface area contributed by atoms with E-state index in [1.807, 2.05) is 24.4 Å². The molecule has 4 aromatic rings. The van der Waals surface area contributed by atoms with E-state index in [-0.39, 0.29) is 12.0 Å². The molecule has 0 unspecified atom stereocenters. The van der Waals surface area contributed by atoms with Crippen LogP contribution in [0.3, 0.4) is 0 Å². The van der Waals surface area contributed by atoms with Gasteiger partial charge in [0.05, 0.1) is 25.2 Å². The van der Waals surface area contributed by atoms with Crippen LogP contribution in [-0.4, -0.2) is 71.7 Å². The Morgan fingerprint density at radius 3 is 2.80 bits per heavy atom. The number of hydrogen-bond acceptors (Lipinski definition) is 7.